The molecule has 1 aliphatic rings. The summed E-state index contributed by atoms with van der Waals surface area (Å²) in [5.74, 6) is -1.54. The molecule has 0 spiro atoms. The Morgan fingerprint density at radius 3 is 2.32 bits per heavy atom. The summed E-state index contributed by atoms with van der Waals surface area (Å²) in [6, 6.07) is 4.58. The Hall–Kier alpha value is -2.46. The van der Waals surface area contributed by atoms with Crippen LogP contribution in [-0.2, 0) is 19.6 Å². The summed E-state index contributed by atoms with van der Waals surface area (Å²) in [5.41, 5.74) is 0.0884. The van der Waals surface area contributed by atoms with Gasteiger partial charge in [0.1, 0.15) is 0 Å². The van der Waals surface area contributed by atoms with Crippen molar-refractivity contribution in [3.8, 4) is 0 Å². The Morgan fingerprint density at radius 2 is 1.75 bits per heavy atom. The van der Waals surface area contributed by atoms with E-state index in [9.17, 15) is 22.8 Å². The van der Waals surface area contributed by atoms with Crippen molar-refractivity contribution in [1.82, 2.24) is 15.4 Å². The second kappa shape index (κ2) is 9.65. The first-order chi connectivity index (χ1) is 13.2. The van der Waals surface area contributed by atoms with Crippen LogP contribution in [0.25, 0.3) is 0 Å². The quantitative estimate of drug-likeness (QED) is 0.580. The highest BCUT2D eigenvalue weighted by molar-refractivity contribution is 7.89. The van der Waals surface area contributed by atoms with Crippen LogP contribution in [0, 0.1) is 0 Å². The molecule has 3 N–H and O–H groups in total. The molecule has 154 valence electrons. The number of nitrogens with one attached hydrogen (secondary N) is 3. The molecule has 1 aromatic carbocycles. The fourth-order valence-electron chi connectivity index (χ4n) is 2.83. The van der Waals surface area contributed by atoms with Crippen molar-refractivity contribution in [2.45, 2.75) is 56.6 Å². The minimum absolute atomic E-state index is 0.0141. The van der Waals surface area contributed by atoms with Crippen LogP contribution in [0.3, 0.4) is 0 Å². The van der Waals surface area contributed by atoms with Crippen LogP contribution in [0.2, 0.25) is 0 Å². The lowest BCUT2D eigenvalue weighted by molar-refractivity contribution is -0.127. The molecule has 0 aromatic heterocycles. The van der Waals surface area contributed by atoms with Gasteiger partial charge in [-0.1, -0.05) is 19.8 Å². The van der Waals surface area contributed by atoms with Crippen LogP contribution in [0.15, 0.2) is 29.2 Å². The first-order valence-electron chi connectivity index (χ1n) is 9.15. The molecule has 0 saturated heterocycles. The predicted octanol–water partition coefficient (Wildman–Crippen LogP) is 1.30. The van der Waals surface area contributed by atoms with Gasteiger partial charge in [-0.2, -0.15) is 0 Å². The molecule has 1 atom stereocenters. The summed E-state index contributed by atoms with van der Waals surface area (Å²) in [6.45, 7) is 3.25. The molecule has 28 heavy (non-hydrogen) atoms. The molecular formula is C18H25N3O6S. The van der Waals surface area contributed by atoms with Crippen LogP contribution < -0.4 is 15.4 Å². The van der Waals surface area contributed by atoms with E-state index in [0.717, 1.165) is 25.7 Å². The minimum atomic E-state index is -3.62. The maximum Gasteiger partial charge on any atom is 0.338 e. The molecule has 1 fully saturated rings. The number of rotatable bonds is 7. The summed E-state index contributed by atoms with van der Waals surface area (Å²) in [4.78, 5) is 36.0. The zero-order valence-corrected chi connectivity index (χ0v) is 16.7. The van der Waals surface area contributed by atoms with Crippen LogP contribution >= 0.6 is 0 Å². The number of amides is 3. The van der Waals surface area contributed by atoms with Gasteiger partial charge in [-0.3, -0.25) is 10.1 Å². The number of hydrogen-bond acceptors (Lipinski definition) is 6. The van der Waals surface area contributed by atoms with Gasteiger partial charge in [0, 0.05) is 12.6 Å². The molecular weight excluding hydrogens is 386 g/mol. The van der Waals surface area contributed by atoms with Gasteiger partial charge in [0.25, 0.3) is 5.91 Å². The minimum Gasteiger partial charge on any atom is -0.449 e. The van der Waals surface area contributed by atoms with Crippen LogP contribution in [0.4, 0.5) is 4.79 Å². The zero-order valence-electron chi connectivity index (χ0n) is 15.9. The highest BCUT2D eigenvalue weighted by Crippen LogP contribution is 2.17. The highest BCUT2D eigenvalue weighted by atomic mass is 32.2. The number of hydrogen-bond donors (Lipinski definition) is 3. The highest BCUT2D eigenvalue weighted by Gasteiger charge is 2.23. The summed E-state index contributed by atoms with van der Waals surface area (Å²) < 4.78 is 31.2. The normalized spacial score (nSPS) is 15.6. The van der Waals surface area contributed by atoms with E-state index < -0.39 is 34.0 Å². The molecule has 0 aliphatic heterocycles. The third-order valence-corrected chi connectivity index (χ3v) is 5.88. The standard InChI is InChI=1S/C18H25N3O6S/c1-3-19-28(25,26)15-10-8-13(9-11-15)17(23)27-12(2)16(22)21-18(24)20-14-6-4-5-7-14/h8-12,14,19H,3-7H2,1-2H3,(H2,20,21,22,24)/t12-/m1/s1. The van der Waals surface area contributed by atoms with Crippen molar-refractivity contribution in [1.29, 1.82) is 0 Å². The van der Waals surface area contributed by atoms with Crippen molar-refractivity contribution in [2.24, 2.45) is 0 Å². The fraction of sp³-hybridized carbons (Fsp3) is 0.500. The van der Waals surface area contributed by atoms with Gasteiger partial charge in [0.15, 0.2) is 6.10 Å². The lowest BCUT2D eigenvalue weighted by Gasteiger charge is -2.15. The fourth-order valence-corrected chi connectivity index (χ4v) is 3.87. The molecule has 2 rings (SSSR count). The topological polar surface area (TPSA) is 131 Å². The molecule has 0 bridgehead atoms. The second-order valence-corrected chi connectivity index (χ2v) is 8.28. The molecule has 10 heteroatoms. The van der Waals surface area contributed by atoms with Gasteiger partial charge < -0.3 is 10.1 Å². The van der Waals surface area contributed by atoms with E-state index in [0.29, 0.717) is 0 Å². The van der Waals surface area contributed by atoms with E-state index in [1.54, 1.807) is 6.92 Å². The monoisotopic (exact) mass is 411 g/mol. The van der Waals surface area contributed by atoms with Gasteiger partial charge in [-0.25, -0.2) is 22.7 Å². The van der Waals surface area contributed by atoms with E-state index in [4.69, 9.17) is 4.74 Å². The van der Waals surface area contributed by atoms with Gasteiger partial charge in [-0.15, -0.1) is 0 Å². The van der Waals surface area contributed by atoms with Crippen LogP contribution in [-0.4, -0.2) is 45.0 Å². The van der Waals surface area contributed by atoms with E-state index in [2.05, 4.69) is 15.4 Å². The largest absolute Gasteiger partial charge is 0.449 e. The van der Waals surface area contributed by atoms with Gasteiger partial charge in [-0.05, 0) is 44.0 Å². The molecule has 9 nitrogen and oxygen atoms in total. The predicted molar refractivity (Wildman–Crippen MR) is 101 cm³/mol. The molecule has 0 heterocycles. The number of imide groups is 1. The maximum atomic E-state index is 12.1. The SMILES string of the molecule is CCNS(=O)(=O)c1ccc(C(=O)O[C@H](C)C(=O)NC(=O)NC2CCCC2)cc1. The Bertz CT molecular complexity index is 816. The zero-order chi connectivity index (χ0) is 20.7. The van der Waals surface area contributed by atoms with Gasteiger partial charge >= 0.3 is 12.0 Å². The smallest absolute Gasteiger partial charge is 0.338 e. The Kier molecular flexibility index (Phi) is 7.53. The second-order valence-electron chi connectivity index (χ2n) is 6.52. The molecule has 3 amide bonds. The van der Waals surface area contributed by atoms with Gasteiger partial charge in [0.05, 0.1) is 10.5 Å². The first kappa shape index (κ1) is 21.8. The van der Waals surface area contributed by atoms with Crippen molar-refractivity contribution in [3.63, 3.8) is 0 Å². The molecule has 1 saturated carbocycles. The number of carbonyl (C=O) groups excluding carboxylic acids is 3. The number of ether oxygens (including phenoxy) is 1. The average molecular weight is 411 g/mol. The first-order valence-corrected chi connectivity index (χ1v) is 10.6. The number of carbonyl (C=O) groups is 3. The average Bonchev–Trinajstić information content (AvgIpc) is 3.14. The molecule has 1 aliphatic carbocycles. The summed E-state index contributed by atoms with van der Waals surface area (Å²) in [5, 5.41) is 4.86. The van der Waals surface area contributed by atoms with Gasteiger partial charge in [0.2, 0.25) is 10.0 Å². The van der Waals surface area contributed by atoms with Crippen molar-refractivity contribution >= 4 is 27.9 Å². The number of esters is 1. The Balaban J connectivity index is 1.88. The number of urea groups is 1. The van der Waals surface area contributed by atoms with E-state index in [-0.39, 0.29) is 23.0 Å². The summed E-state index contributed by atoms with van der Waals surface area (Å²) in [6.07, 6.45) is 2.66. The summed E-state index contributed by atoms with van der Waals surface area (Å²) in [7, 11) is -3.62. The van der Waals surface area contributed by atoms with E-state index >= 15 is 0 Å². The molecule has 1 aromatic rings. The number of benzene rings is 1. The number of sulfonamides is 1. The lowest BCUT2D eigenvalue weighted by Crippen LogP contribution is -2.47. The lowest BCUT2D eigenvalue weighted by atomic mass is 10.2. The third kappa shape index (κ3) is 6.03. The Morgan fingerprint density at radius 1 is 1.14 bits per heavy atom. The van der Waals surface area contributed by atoms with Crippen molar-refractivity contribution in [2.75, 3.05) is 6.54 Å². The van der Waals surface area contributed by atoms with Crippen LogP contribution in [0.1, 0.15) is 49.9 Å². The van der Waals surface area contributed by atoms with Crippen molar-refractivity contribution < 1.29 is 27.5 Å². The maximum absolute atomic E-state index is 12.1. The summed E-state index contributed by atoms with van der Waals surface area (Å²) >= 11 is 0. The van der Waals surface area contributed by atoms with Crippen molar-refractivity contribution in [3.05, 3.63) is 29.8 Å². The van der Waals surface area contributed by atoms with E-state index in [1.807, 2.05) is 0 Å². The van der Waals surface area contributed by atoms with Crippen LogP contribution in [0.5, 0.6) is 0 Å². The third-order valence-electron chi connectivity index (χ3n) is 4.31. The van der Waals surface area contributed by atoms with E-state index in [1.165, 1.54) is 31.2 Å². The molecule has 0 unspecified atom stereocenters. The molecule has 0 radical (unpaired) electrons. The Labute approximate surface area is 164 Å².